The van der Waals surface area contributed by atoms with Crippen molar-refractivity contribution in [1.82, 2.24) is 9.88 Å². The van der Waals surface area contributed by atoms with E-state index in [9.17, 15) is 18.4 Å². The lowest BCUT2D eigenvalue weighted by Crippen LogP contribution is -2.40. The molecule has 1 N–H and O–H groups in total. The Morgan fingerprint density at radius 2 is 1.76 bits per heavy atom. The zero-order valence-corrected chi connectivity index (χ0v) is 16.0. The number of benzene rings is 1. The molecule has 1 saturated heterocycles. The highest BCUT2D eigenvalue weighted by molar-refractivity contribution is 5.91. The van der Waals surface area contributed by atoms with Gasteiger partial charge < -0.3 is 10.2 Å². The Labute approximate surface area is 168 Å². The second-order valence-corrected chi connectivity index (χ2v) is 7.78. The first kappa shape index (κ1) is 19.5. The summed E-state index contributed by atoms with van der Waals surface area (Å²) >= 11 is 0. The quantitative estimate of drug-likeness (QED) is 0.840. The number of likely N-dealkylation sites (tertiary alicyclic amines) is 1. The summed E-state index contributed by atoms with van der Waals surface area (Å²) in [5.74, 6) is -0.823. The van der Waals surface area contributed by atoms with E-state index in [0.717, 1.165) is 44.7 Å². The van der Waals surface area contributed by atoms with Crippen LogP contribution in [-0.4, -0.2) is 34.3 Å². The van der Waals surface area contributed by atoms with Gasteiger partial charge in [0.2, 0.25) is 11.8 Å². The van der Waals surface area contributed by atoms with Crippen molar-refractivity contribution < 1.29 is 18.4 Å². The summed E-state index contributed by atoms with van der Waals surface area (Å²) in [6, 6.07) is 6.86. The number of halogens is 2. The lowest BCUT2D eigenvalue weighted by atomic mass is 9.85. The molecule has 2 aromatic rings. The molecule has 1 saturated carbocycles. The van der Waals surface area contributed by atoms with E-state index < -0.39 is 11.6 Å². The molecule has 1 aliphatic carbocycles. The van der Waals surface area contributed by atoms with Crippen LogP contribution < -0.4 is 5.32 Å². The second kappa shape index (κ2) is 8.27. The smallest absolute Gasteiger partial charge is 0.228 e. The number of rotatable bonds is 4. The van der Waals surface area contributed by atoms with Crippen molar-refractivity contribution in [2.45, 2.75) is 44.6 Å². The van der Waals surface area contributed by atoms with Gasteiger partial charge in [0.1, 0.15) is 17.5 Å². The molecule has 0 atom stereocenters. The van der Waals surface area contributed by atoms with Crippen molar-refractivity contribution in [2.75, 3.05) is 11.9 Å². The van der Waals surface area contributed by atoms with Crippen LogP contribution in [0, 0.1) is 17.6 Å². The van der Waals surface area contributed by atoms with E-state index in [1.54, 1.807) is 12.1 Å². The highest BCUT2D eigenvalue weighted by Gasteiger charge is 2.33. The van der Waals surface area contributed by atoms with Crippen molar-refractivity contribution >= 4 is 17.6 Å². The monoisotopic (exact) mass is 399 g/mol. The van der Waals surface area contributed by atoms with Crippen molar-refractivity contribution in [1.29, 1.82) is 0 Å². The number of anilines is 1. The summed E-state index contributed by atoms with van der Waals surface area (Å²) < 4.78 is 26.8. The molecule has 2 amide bonds. The Morgan fingerprint density at radius 3 is 2.34 bits per heavy atom. The van der Waals surface area contributed by atoms with Gasteiger partial charge in [0.05, 0.1) is 0 Å². The molecule has 0 unspecified atom stereocenters. The molecule has 2 fully saturated rings. The number of hydrogen-bond donors (Lipinski definition) is 1. The van der Waals surface area contributed by atoms with E-state index in [-0.39, 0.29) is 23.8 Å². The molecule has 1 aliphatic heterocycles. The molecule has 29 heavy (non-hydrogen) atoms. The minimum atomic E-state index is -0.649. The van der Waals surface area contributed by atoms with Gasteiger partial charge in [-0.15, -0.1) is 0 Å². The first-order valence-corrected chi connectivity index (χ1v) is 10.0. The Bertz CT molecular complexity index is 889. The van der Waals surface area contributed by atoms with Crippen molar-refractivity contribution in [3.63, 3.8) is 0 Å². The first-order valence-electron chi connectivity index (χ1n) is 10.0. The predicted octanol–water partition coefficient (Wildman–Crippen LogP) is 4.15. The molecule has 0 spiro atoms. The summed E-state index contributed by atoms with van der Waals surface area (Å²) in [5, 5.41) is 2.83. The molecule has 2 heterocycles. The minimum Gasteiger partial charge on any atom is -0.340 e. The zero-order chi connectivity index (χ0) is 20.4. The van der Waals surface area contributed by atoms with Crippen LogP contribution in [0.25, 0.3) is 11.1 Å². The number of hydrogen-bond acceptors (Lipinski definition) is 3. The maximum atomic E-state index is 13.4. The molecule has 0 bridgehead atoms. The van der Waals surface area contributed by atoms with Crippen LogP contribution in [-0.2, 0) is 9.59 Å². The largest absolute Gasteiger partial charge is 0.340 e. The van der Waals surface area contributed by atoms with Crippen LogP contribution in [0.4, 0.5) is 14.6 Å². The SMILES string of the molecule is O=C1CCCN1[C@H]1CC[C@@H](C(=O)Nc2ccc(-c3cc(F)cc(F)c3)cn2)CC1. The number of carbonyl (C=O) groups is 2. The van der Waals surface area contributed by atoms with Crippen LogP contribution >= 0.6 is 0 Å². The number of nitrogens with one attached hydrogen (secondary N) is 1. The van der Waals surface area contributed by atoms with Gasteiger partial charge in [0, 0.05) is 42.8 Å². The number of aromatic nitrogens is 1. The molecular weight excluding hydrogens is 376 g/mol. The minimum absolute atomic E-state index is 0.0757. The topological polar surface area (TPSA) is 62.3 Å². The third-order valence-electron chi connectivity index (χ3n) is 5.83. The highest BCUT2D eigenvalue weighted by atomic mass is 19.1. The van der Waals surface area contributed by atoms with Crippen molar-refractivity contribution in [2.24, 2.45) is 5.92 Å². The Morgan fingerprint density at radius 1 is 1.03 bits per heavy atom. The molecule has 4 rings (SSSR count). The van der Waals surface area contributed by atoms with Crippen LogP contribution in [0.15, 0.2) is 36.5 Å². The lowest BCUT2D eigenvalue weighted by molar-refractivity contribution is -0.130. The van der Waals surface area contributed by atoms with Gasteiger partial charge in [-0.05, 0) is 61.9 Å². The average molecular weight is 399 g/mol. The van der Waals surface area contributed by atoms with Gasteiger partial charge in [-0.2, -0.15) is 0 Å². The fourth-order valence-electron chi connectivity index (χ4n) is 4.29. The standard InChI is InChI=1S/C22H23F2N3O2/c23-17-10-16(11-18(24)12-17)15-5-8-20(25-13-15)26-22(29)14-3-6-19(7-4-14)27-9-1-2-21(27)28/h5,8,10-14,19H,1-4,6-7,9H2,(H,25,26,29)/t14-,19+. The van der Waals surface area contributed by atoms with Crippen molar-refractivity contribution in [3.05, 3.63) is 48.2 Å². The predicted molar refractivity (Wildman–Crippen MR) is 105 cm³/mol. The molecule has 5 nitrogen and oxygen atoms in total. The maximum Gasteiger partial charge on any atom is 0.228 e. The summed E-state index contributed by atoms with van der Waals surface area (Å²) in [7, 11) is 0. The second-order valence-electron chi connectivity index (χ2n) is 7.78. The maximum absolute atomic E-state index is 13.4. The fourth-order valence-corrected chi connectivity index (χ4v) is 4.29. The molecular formula is C22H23F2N3O2. The van der Waals surface area contributed by atoms with Gasteiger partial charge >= 0.3 is 0 Å². The molecule has 152 valence electrons. The third-order valence-corrected chi connectivity index (χ3v) is 5.83. The van der Waals surface area contributed by atoms with E-state index in [2.05, 4.69) is 10.3 Å². The van der Waals surface area contributed by atoms with Crippen LogP contribution in [0.2, 0.25) is 0 Å². The lowest BCUT2D eigenvalue weighted by Gasteiger charge is -2.34. The number of amides is 2. The number of pyridine rings is 1. The van der Waals surface area contributed by atoms with E-state index in [0.29, 0.717) is 23.4 Å². The normalized spacial score (nSPS) is 22.0. The molecule has 2 aliphatic rings. The Kier molecular flexibility index (Phi) is 5.56. The third kappa shape index (κ3) is 4.44. The summed E-state index contributed by atoms with van der Waals surface area (Å²) in [6.45, 7) is 0.839. The number of nitrogens with zero attached hydrogens (tertiary/aromatic N) is 2. The molecule has 0 radical (unpaired) electrons. The van der Waals surface area contributed by atoms with Gasteiger partial charge in [-0.25, -0.2) is 13.8 Å². The average Bonchev–Trinajstić information content (AvgIpc) is 3.14. The van der Waals surface area contributed by atoms with Crippen molar-refractivity contribution in [3.8, 4) is 11.1 Å². The van der Waals surface area contributed by atoms with Gasteiger partial charge in [0.25, 0.3) is 0 Å². The van der Waals surface area contributed by atoms with E-state index in [1.807, 2.05) is 4.90 Å². The van der Waals surface area contributed by atoms with Gasteiger partial charge in [0.15, 0.2) is 0 Å². The number of carbonyl (C=O) groups excluding carboxylic acids is 2. The Balaban J connectivity index is 1.33. The van der Waals surface area contributed by atoms with E-state index in [4.69, 9.17) is 0 Å². The summed E-state index contributed by atoms with van der Waals surface area (Å²) in [6.07, 6.45) is 6.26. The van der Waals surface area contributed by atoms with E-state index in [1.165, 1.54) is 18.3 Å². The summed E-state index contributed by atoms with van der Waals surface area (Å²) in [5.41, 5.74) is 0.958. The van der Waals surface area contributed by atoms with Crippen LogP contribution in [0.1, 0.15) is 38.5 Å². The zero-order valence-electron chi connectivity index (χ0n) is 16.0. The first-order chi connectivity index (χ1) is 14.0. The molecule has 7 heteroatoms. The van der Waals surface area contributed by atoms with Gasteiger partial charge in [-0.1, -0.05) is 0 Å². The highest BCUT2D eigenvalue weighted by Crippen LogP contribution is 2.31. The summed E-state index contributed by atoms with van der Waals surface area (Å²) in [4.78, 5) is 30.7. The fraction of sp³-hybridized carbons (Fsp3) is 0.409. The van der Waals surface area contributed by atoms with Gasteiger partial charge in [-0.3, -0.25) is 9.59 Å². The van der Waals surface area contributed by atoms with E-state index >= 15 is 0 Å². The molecule has 1 aromatic heterocycles. The van der Waals surface area contributed by atoms with Crippen LogP contribution in [0.5, 0.6) is 0 Å². The Hall–Kier alpha value is -2.83. The molecule has 1 aromatic carbocycles. The van der Waals surface area contributed by atoms with Crippen LogP contribution in [0.3, 0.4) is 0 Å².